The van der Waals surface area contributed by atoms with E-state index in [2.05, 4.69) is 5.32 Å². The molecule has 0 aromatic rings. The predicted octanol–water partition coefficient (Wildman–Crippen LogP) is -1.37. The van der Waals surface area contributed by atoms with Crippen molar-refractivity contribution in [3.63, 3.8) is 0 Å². The molecule has 10 heteroatoms. The second-order valence-electron chi connectivity index (χ2n) is 4.85. The Hall–Kier alpha value is -2.20. The minimum Gasteiger partial charge on any atom is -0.456 e. The minimum absolute atomic E-state index is 0.629. The van der Waals surface area contributed by atoms with Crippen molar-refractivity contribution in [3.8, 4) is 0 Å². The van der Waals surface area contributed by atoms with Crippen LogP contribution in [0, 0.1) is 0 Å². The maximum absolute atomic E-state index is 11.7. The number of rotatable bonds is 5. The zero-order valence-electron chi connectivity index (χ0n) is 15.9. The molecule has 10 nitrogen and oxygen atoms in total. The summed E-state index contributed by atoms with van der Waals surface area (Å²) in [6.07, 6.45) is -5.79. The lowest BCUT2D eigenvalue weighted by molar-refractivity contribution is -0.269. The third-order valence-electron chi connectivity index (χ3n) is 2.98. The molecule has 1 unspecified atom stereocenters. The SMILES string of the molecule is [2H]CC(=O)OC1O[C@H](CO)[C@H](OC(=O)C[2H])[C@H](OC(=O)C[2H])[C@H]1NC(C)=O. The summed E-state index contributed by atoms with van der Waals surface area (Å²) in [7, 11) is 0. The first-order valence-corrected chi connectivity index (χ1v) is 6.76. The molecule has 1 aliphatic heterocycles. The Morgan fingerprint density at radius 2 is 1.58 bits per heavy atom. The number of hydrogen-bond acceptors (Lipinski definition) is 9. The molecule has 0 aliphatic carbocycles. The smallest absolute Gasteiger partial charge is 0.305 e. The van der Waals surface area contributed by atoms with Gasteiger partial charge in [0.15, 0.2) is 12.2 Å². The van der Waals surface area contributed by atoms with Crippen LogP contribution in [0.5, 0.6) is 0 Å². The lowest BCUT2D eigenvalue weighted by atomic mass is 9.96. The molecule has 0 aromatic carbocycles. The number of aliphatic hydroxyl groups excluding tert-OH is 1. The summed E-state index contributed by atoms with van der Waals surface area (Å²) < 4.78 is 41.5. The van der Waals surface area contributed by atoms with Gasteiger partial charge in [0.2, 0.25) is 12.2 Å². The zero-order valence-corrected chi connectivity index (χ0v) is 12.9. The van der Waals surface area contributed by atoms with Crippen LogP contribution in [0.3, 0.4) is 0 Å². The van der Waals surface area contributed by atoms with E-state index >= 15 is 0 Å². The standard InChI is InChI=1S/C14H21NO9/c1-6(17)15-11-13(22-8(3)19)12(21-7(2)18)10(5-16)24-14(11)23-9(4)20/h10-14,16H,5H2,1-4H3,(H,15,17)/t10-,11-,12+,13-,14?/m1/s1/i2D,3D,4D. The van der Waals surface area contributed by atoms with Crippen molar-refractivity contribution in [2.24, 2.45) is 0 Å². The molecule has 1 heterocycles. The summed E-state index contributed by atoms with van der Waals surface area (Å²) in [6.45, 7) is -1.94. The fourth-order valence-electron chi connectivity index (χ4n) is 2.25. The lowest BCUT2D eigenvalue weighted by Gasteiger charge is -2.44. The molecule has 2 N–H and O–H groups in total. The first kappa shape index (κ1) is 15.3. The van der Waals surface area contributed by atoms with Gasteiger partial charge < -0.3 is 29.4 Å². The first-order valence-electron chi connectivity index (χ1n) is 8.89. The molecule has 0 saturated carbocycles. The van der Waals surface area contributed by atoms with E-state index in [1.54, 1.807) is 0 Å². The Bertz CT molecular complexity index is 562. The van der Waals surface area contributed by atoms with Crippen LogP contribution in [-0.4, -0.2) is 66.2 Å². The van der Waals surface area contributed by atoms with Gasteiger partial charge in [0.05, 0.1) is 6.61 Å². The summed E-state index contributed by atoms with van der Waals surface area (Å²) in [5.41, 5.74) is 0. The molecule has 0 aromatic heterocycles. The number of nitrogens with one attached hydrogen (secondary N) is 1. The second-order valence-corrected chi connectivity index (χ2v) is 4.85. The van der Waals surface area contributed by atoms with Gasteiger partial charge in [-0.25, -0.2) is 0 Å². The van der Waals surface area contributed by atoms with E-state index in [1.807, 2.05) is 0 Å². The van der Waals surface area contributed by atoms with Crippen LogP contribution in [0.4, 0.5) is 0 Å². The highest BCUT2D eigenvalue weighted by Crippen LogP contribution is 2.27. The van der Waals surface area contributed by atoms with Crippen molar-refractivity contribution in [1.82, 2.24) is 5.32 Å². The summed E-state index contributed by atoms with van der Waals surface area (Å²) >= 11 is 0. The third-order valence-corrected chi connectivity index (χ3v) is 2.98. The average Bonchev–Trinajstić information content (AvgIpc) is 2.64. The quantitative estimate of drug-likeness (QED) is 0.454. The molecule has 1 saturated heterocycles. The first-order chi connectivity index (χ1) is 12.8. The maximum Gasteiger partial charge on any atom is 0.305 e. The van der Waals surface area contributed by atoms with Crippen molar-refractivity contribution in [1.29, 1.82) is 0 Å². The highest BCUT2D eigenvalue weighted by Gasteiger charge is 2.51. The van der Waals surface area contributed by atoms with E-state index in [0.29, 0.717) is 0 Å². The van der Waals surface area contributed by atoms with E-state index in [0.717, 1.165) is 6.92 Å². The van der Waals surface area contributed by atoms with Crippen molar-refractivity contribution in [2.75, 3.05) is 6.61 Å². The molecule has 24 heavy (non-hydrogen) atoms. The molecule has 0 radical (unpaired) electrons. The summed E-state index contributed by atoms with van der Waals surface area (Å²) in [5.74, 6) is -3.70. The van der Waals surface area contributed by atoms with Gasteiger partial charge in [-0.3, -0.25) is 19.2 Å². The molecular weight excluding hydrogens is 326 g/mol. The molecule has 0 bridgehead atoms. The number of aliphatic hydroxyl groups is 1. The second kappa shape index (κ2) is 8.60. The normalized spacial score (nSPS) is 30.9. The maximum atomic E-state index is 11.7. The molecule has 1 fully saturated rings. The fourth-order valence-corrected chi connectivity index (χ4v) is 2.25. The third kappa shape index (κ3) is 5.46. The molecule has 136 valence electrons. The number of carbonyl (C=O) groups excluding carboxylic acids is 4. The lowest BCUT2D eigenvalue weighted by Crippen LogP contribution is -2.66. The Labute approximate surface area is 142 Å². The van der Waals surface area contributed by atoms with Crippen LogP contribution in [0.2, 0.25) is 0 Å². The summed E-state index contributed by atoms with van der Waals surface area (Å²) in [6, 6.07) is -1.35. The van der Waals surface area contributed by atoms with E-state index in [9.17, 15) is 24.3 Å². The van der Waals surface area contributed by atoms with E-state index < -0.39 is 81.8 Å². The monoisotopic (exact) mass is 350 g/mol. The number of ether oxygens (including phenoxy) is 4. The van der Waals surface area contributed by atoms with Gasteiger partial charge in [-0.15, -0.1) is 0 Å². The van der Waals surface area contributed by atoms with Crippen LogP contribution < -0.4 is 5.32 Å². The van der Waals surface area contributed by atoms with Crippen molar-refractivity contribution in [3.05, 3.63) is 0 Å². The van der Waals surface area contributed by atoms with E-state index in [-0.39, 0.29) is 0 Å². The fraction of sp³-hybridized carbons (Fsp3) is 0.714. The Balaban J connectivity index is 3.27. The van der Waals surface area contributed by atoms with Gasteiger partial charge >= 0.3 is 17.9 Å². The van der Waals surface area contributed by atoms with Crippen molar-refractivity contribution < 1.29 is 47.3 Å². The molecule has 1 rings (SSSR count). The Kier molecular flexibility index (Phi) is 5.49. The van der Waals surface area contributed by atoms with Gasteiger partial charge in [-0.2, -0.15) is 0 Å². The van der Waals surface area contributed by atoms with Gasteiger partial charge in [-0.05, 0) is 0 Å². The van der Waals surface area contributed by atoms with Gasteiger partial charge in [-0.1, -0.05) is 0 Å². The predicted molar refractivity (Wildman–Crippen MR) is 76.2 cm³/mol. The average molecular weight is 350 g/mol. The molecule has 5 atom stereocenters. The largest absolute Gasteiger partial charge is 0.456 e. The Morgan fingerprint density at radius 1 is 1.04 bits per heavy atom. The van der Waals surface area contributed by atoms with Crippen LogP contribution in [0.1, 0.15) is 31.7 Å². The summed E-state index contributed by atoms with van der Waals surface area (Å²) in [5, 5.41) is 11.9. The van der Waals surface area contributed by atoms with Gasteiger partial charge in [0, 0.05) is 31.7 Å². The van der Waals surface area contributed by atoms with Crippen molar-refractivity contribution >= 4 is 23.8 Å². The number of amides is 1. The molecule has 1 amide bonds. The van der Waals surface area contributed by atoms with Crippen molar-refractivity contribution in [2.45, 2.75) is 58.3 Å². The minimum atomic E-state index is -1.56. The summed E-state index contributed by atoms with van der Waals surface area (Å²) in [4.78, 5) is 46.2. The van der Waals surface area contributed by atoms with Crippen LogP contribution in [0.15, 0.2) is 0 Å². The number of carbonyl (C=O) groups is 4. The van der Waals surface area contributed by atoms with Gasteiger partial charge in [0.1, 0.15) is 12.1 Å². The zero-order chi connectivity index (χ0) is 20.6. The van der Waals surface area contributed by atoms with Crippen LogP contribution >= 0.6 is 0 Å². The molecule has 1 aliphatic rings. The molecule has 0 spiro atoms. The van der Waals surface area contributed by atoms with E-state index in [1.165, 1.54) is 0 Å². The van der Waals surface area contributed by atoms with Crippen LogP contribution in [0.25, 0.3) is 0 Å². The topological polar surface area (TPSA) is 137 Å². The van der Waals surface area contributed by atoms with E-state index in [4.69, 9.17) is 23.1 Å². The Morgan fingerprint density at radius 3 is 2.08 bits per heavy atom. The number of hydrogen-bond donors (Lipinski definition) is 2. The highest BCUT2D eigenvalue weighted by molar-refractivity contribution is 5.74. The highest BCUT2D eigenvalue weighted by atomic mass is 16.7. The van der Waals surface area contributed by atoms with Crippen LogP contribution in [-0.2, 0) is 38.1 Å². The van der Waals surface area contributed by atoms with Gasteiger partial charge in [0.25, 0.3) is 0 Å². The molecular formula is C14H21NO9. The number of esters is 3.